The first-order chi connectivity index (χ1) is 16.3. The summed E-state index contributed by atoms with van der Waals surface area (Å²) in [6, 6.07) is 14.9. The van der Waals surface area contributed by atoms with Crippen molar-refractivity contribution in [2.24, 2.45) is 0 Å². The molecule has 0 aromatic heterocycles. The van der Waals surface area contributed by atoms with Crippen LogP contribution in [0.5, 0.6) is 0 Å². The molecular formula is C24H18ClN3O4S2. The van der Waals surface area contributed by atoms with E-state index in [-0.39, 0.29) is 10.7 Å². The van der Waals surface area contributed by atoms with Gasteiger partial charge in [-0.05, 0) is 35.9 Å². The Balaban J connectivity index is 1.42. The lowest BCUT2D eigenvalue weighted by atomic mass is 10.2. The maximum atomic E-state index is 12.9. The predicted molar refractivity (Wildman–Crippen MR) is 136 cm³/mol. The van der Waals surface area contributed by atoms with Gasteiger partial charge in [0.2, 0.25) is 11.8 Å². The molecule has 2 aromatic carbocycles. The third-order valence-corrected chi connectivity index (χ3v) is 6.72. The summed E-state index contributed by atoms with van der Waals surface area (Å²) in [6.45, 7) is -0.457. The summed E-state index contributed by atoms with van der Waals surface area (Å²) in [5.41, 5.74) is 1.45. The van der Waals surface area contributed by atoms with Crippen molar-refractivity contribution in [2.75, 3.05) is 11.9 Å². The lowest BCUT2D eigenvalue weighted by molar-refractivity contribution is -0.143. The van der Waals surface area contributed by atoms with Crippen molar-refractivity contribution in [1.82, 2.24) is 9.80 Å². The number of benzene rings is 2. The number of hydrogen-bond donors (Lipinski definition) is 1. The molecule has 0 spiro atoms. The molecule has 4 rings (SSSR count). The van der Waals surface area contributed by atoms with Crippen molar-refractivity contribution in [2.45, 2.75) is 12.5 Å². The zero-order chi connectivity index (χ0) is 24.2. The van der Waals surface area contributed by atoms with E-state index in [1.807, 2.05) is 36.4 Å². The number of allylic oxidation sites excluding steroid dienone is 2. The van der Waals surface area contributed by atoms with Gasteiger partial charge < -0.3 is 5.32 Å². The molecule has 0 radical (unpaired) electrons. The minimum Gasteiger partial charge on any atom is -0.325 e. The molecule has 1 atom stereocenters. The fourth-order valence-corrected chi connectivity index (χ4v) is 4.92. The molecule has 0 unspecified atom stereocenters. The first-order valence-electron chi connectivity index (χ1n) is 10.2. The van der Waals surface area contributed by atoms with Crippen LogP contribution in [-0.2, 0) is 19.2 Å². The quantitative estimate of drug-likeness (QED) is 0.360. The Hall–Kier alpha value is -3.27. The monoisotopic (exact) mass is 511 g/mol. The van der Waals surface area contributed by atoms with Gasteiger partial charge in [-0.25, -0.2) is 0 Å². The van der Waals surface area contributed by atoms with Crippen LogP contribution in [0.3, 0.4) is 0 Å². The summed E-state index contributed by atoms with van der Waals surface area (Å²) in [5.74, 6) is -2.15. The second kappa shape index (κ2) is 10.3. The van der Waals surface area contributed by atoms with E-state index >= 15 is 0 Å². The molecule has 0 bridgehead atoms. The van der Waals surface area contributed by atoms with E-state index in [0.717, 1.165) is 22.2 Å². The molecule has 1 N–H and O–H groups in total. The van der Waals surface area contributed by atoms with Crippen molar-refractivity contribution in [3.05, 3.63) is 82.2 Å². The maximum Gasteiger partial charge on any atom is 0.266 e. The molecule has 10 heteroatoms. The number of nitrogens with one attached hydrogen (secondary N) is 1. The molecule has 4 amide bonds. The van der Waals surface area contributed by atoms with Gasteiger partial charge in [-0.1, -0.05) is 78.1 Å². The molecule has 0 saturated carbocycles. The van der Waals surface area contributed by atoms with Crippen LogP contribution < -0.4 is 5.32 Å². The summed E-state index contributed by atoms with van der Waals surface area (Å²) in [6.07, 6.45) is 4.98. The molecule has 34 heavy (non-hydrogen) atoms. The molecule has 2 saturated heterocycles. The maximum absolute atomic E-state index is 12.9. The van der Waals surface area contributed by atoms with Crippen LogP contribution in [0.2, 0.25) is 5.02 Å². The van der Waals surface area contributed by atoms with E-state index in [1.165, 1.54) is 4.90 Å². The number of halogens is 1. The highest BCUT2D eigenvalue weighted by Gasteiger charge is 2.48. The van der Waals surface area contributed by atoms with E-state index in [2.05, 4.69) is 5.32 Å². The number of hydrogen-bond acceptors (Lipinski definition) is 6. The number of carbonyl (C=O) groups is 4. The highest BCUT2D eigenvalue weighted by atomic mass is 35.5. The standard InChI is InChI=1S/C24H18ClN3O4S2/c25-16-9-11-17(12-10-16)26-20(29)14-27-21(30)13-18(22(27)31)28-23(32)19(34-24(28)33)8-4-7-15-5-2-1-3-6-15/h1-12,18H,13-14H2,(H,26,29)/b7-4+,19-8-/t18-/m1/s1. The summed E-state index contributed by atoms with van der Waals surface area (Å²) in [7, 11) is 0. The van der Waals surface area contributed by atoms with Crippen LogP contribution in [0.1, 0.15) is 12.0 Å². The summed E-state index contributed by atoms with van der Waals surface area (Å²) < 4.78 is 0.197. The number of likely N-dealkylation sites (tertiary alicyclic amines) is 1. The average molecular weight is 512 g/mol. The van der Waals surface area contributed by atoms with Crippen LogP contribution in [0.4, 0.5) is 5.69 Å². The number of thiocarbonyl (C=S) groups is 1. The third kappa shape index (κ3) is 5.27. The fraction of sp³-hybridized carbons (Fsp3) is 0.125. The topological polar surface area (TPSA) is 86.8 Å². The Morgan fingerprint density at radius 1 is 1.12 bits per heavy atom. The predicted octanol–water partition coefficient (Wildman–Crippen LogP) is 3.86. The van der Waals surface area contributed by atoms with Crippen LogP contribution in [0.25, 0.3) is 6.08 Å². The average Bonchev–Trinajstić information content (AvgIpc) is 3.25. The lowest BCUT2D eigenvalue weighted by Crippen LogP contribution is -2.45. The summed E-state index contributed by atoms with van der Waals surface area (Å²) in [4.78, 5) is 53.1. The molecular weight excluding hydrogens is 494 g/mol. The molecule has 0 aliphatic carbocycles. The van der Waals surface area contributed by atoms with Gasteiger partial charge in [0.15, 0.2) is 0 Å². The SMILES string of the molecule is O=C(CN1C(=O)C[C@@H](N2C(=O)/C(=C/C=C/c3ccccc3)SC2=S)C1=O)Nc1ccc(Cl)cc1. The Kier molecular flexibility index (Phi) is 7.26. The second-order valence-corrected chi connectivity index (χ2v) is 9.55. The van der Waals surface area contributed by atoms with Gasteiger partial charge in [0.25, 0.3) is 11.8 Å². The third-order valence-electron chi connectivity index (χ3n) is 5.12. The second-order valence-electron chi connectivity index (χ2n) is 7.44. The molecule has 2 fully saturated rings. The molecule has 2 heterocycles. The van der Waals surface area contributed by atoms with E-state index in [0.29, 0.717) is 15.6 Å². The summed E-state index contributed by atoms with van der Waals surface area (Å²) in [5, 5.41) is 3.12. The Morgan fingerprint density at radius 2 is 1.82 bits per heavy atom. The molecule has 7 nitrogen and oxygen atoms in total. The number of carbonyl (C=O) groups excluding carboxylic acids is 4. The van der Waals surface area contributed by atoms with Crippen molar-refractivity contribution in [3.63, 3.8) is 0 Å². The van der Waals surface area contributed by atoms with Crippen LogP contribution in [0.15, 0.2) is 71.7 Å². The van der Waals surface area contributed by atoms with Crippen LogP contribution in [0, 0.1) is 0 Å². The van der Waals surface area contributed by atoms with Gasteiger partial charge in [-0.3, -0.25) is 29.0 Å². The fourth-order valence-electron chi connectivity index (χ4n) is 3.48. The number of amides is 4. The minimum absolute atomic E-state index is 0.197. The van der Waals surface area contributed by atoms with E-state index < -0.39 is 36.2 Å². The molecule has 2 aliphatic heterocycles. The molecule has 172 valence electrons. The number of anilines is 1. The van der Waals surface area contributed by atoms with Gasteiger partial charge in [0, 0.05) is 10.7 Å². The number of imide groups is 1. The van der Waals surface area contributed by atoms with E-state index in [9.17, 15) is 19.2 Å². The van der Waals surface area contributed by atoms with Gasteiger partial charge in [-0.15, -0.1) is 0 Å². The normalized spacial score (nSPS) is 19.7. The van der Waals surface area contributed by atoms with Crippen LogP contribution >= 0.6 is 35.6 Å². The number of nitrogens with zero attached hydrogens (tertiary/aromatic N) is 2. The van der Waals surface area contributed by atoms with Crippen molar-refractivity contribution >= 4 is 75.3 Å². The molecule has 2 aromatic rings. The Labute approximate surface area is 210 Å². The van der Waals surface area contributed by atoms with Gasteiger partial charge in [0.1, 0.15) is 16.9 Å². The largest absolute Gasteiger partial charge is 0.325 e. The smallest absolute Gasteiger partial charge is 0.266 e. The summed E-state index contributed by atoms with van der Waals surface area (Å²) >= 11 is 12.2. The first kappa shape index (κ1) is 23.9. The highest BCUT2D eigenvalue weighted by molar-refractivity contribution is 8.26. The Morgan fingerprint density at radius 3 is 2.53 bits per heavy atom. The number of thioether (sulfide) groups is 1. The van der Waals surface area contributed by atoms with Crippen molar-refractivity contribution in [1.29, 1.82) is 0 Å². The van der Waals surface area contributed by atoms with Gasteiger partial charge in [0.05, 0.1) is 11.3 Å². The minimum atomic E-state index is -1.06. The lowest BCUT2D eigenvalue weighted by Gasteiger charge is -2.21. The van der Waals surface area contributed by atoms with Gasteiger partial charge >= 0.3 is 0 Å². The van der Waals surface area contributed by atoms with Crippen molar-refractivity contribution < 1.29 is 19.2 Å². The Bertz CT molecular complexity index is 1230. The van der Waals surface area contributed by atoms with Crippen LogP contribution in [-0.4, -0.2) is 50.3 Å². The van der Waals surface area contributed by atoms with Crippen molar-refractivity contribution in [3.8, 4) is 0 Å². The highest BCUT2D eigenvalue weighted by Crippen LogP contribution is 2.35. The van der Waals surface area contributed by atoms with E-state index in [1.54, 1.807) is 36.4 Å². The zero-order valence-corrected chi connectivity index (χ0v) is 20.0. The van der Waals surface area contributed by atoms with Gasteiger partial charge in [-0.2, -0.15) is 0 Å². The molecule has 2 aliphatic rings. The van der Waals surface area contributed by atoms with E-state index in [4.69, 9.17) is 23.8 Å². The first-order valence-corrected chi connectivity index (χ1v) is 11.8. The number of rotatable bonds is 6. The zero-order valence-electron chi connectivity index (χ0n) is 17.6.